The zero-order valence-corrected chi connectivity index (χ0v) is 13.5. The number of rotatable bonds is 5. The van der Waals surface area contributed by atoms with Gasteiger partial charge in [-0.1, -0.05) is 11.6 Å². The van der Waals surface area contributed by atoms with Gasteiger partial charge in [0.05, 0.1) is 35.4 Å². The molecule has 0 saturated carbocycles. The standard InChI is InChI=1S/C14H14ClNO5S/c1-16(9-10-4-3-7-21-10)22(18,19)11-5-6-13(15)12(8-11)14(17)20-2/h3-8H,9H2,1-2H3. The van der Waals surface area contributed by atoms with E-state index >= 15 is 0 Å². The molecule has 0 amide bonds. The minimum atomic E-state index is -3.79. The summed E-state index contributed by atoms with van der Waals surface area (Å²) in [6, 6.07) is 7.23. The summed E-state index contributed by atoms with van der Waals surface area (Å²) in [6.07, 6.45) is 1.47. The monoisotopic (exact) mass is 343 g/mol. The van der Waals surface area contributed by atoms with Crippen molar-refractivity contribution in [3.05, 3.63) is 52.9 Å². The lowest BCUT2D eigenvalue weighted by Crippen LogP contribution is -2.26. The molecule has 1 heterocycles. The van der Waals surface area contributed by atoms with Gasteiger partial charge in [-0.3, -0.25) is 0 Å². The van der Waals surface area contributed by atoms with Gasteiger partial charge in [0.25, 0.3) is 0 Å². The SMILES string of the molecule is COC(=O)c1cc(S(=O)(=O)N(C)Cc2ccco2)ccc1Cl. The Morgan fingerprint density at radius 2 is 2.09 bits per heavy atom. The minimum absolute atomic E-state index is 0.00311. The molecule has 0 aliphatic rings. The van der Waals surface area contributed by atoms with Crippen LogP contribution in [0.5, 0.6) is 0 Å². The maximum Gasteiger partial charge on any atom is 0.339 e. The van der Waals surface area contributed by atoms with E-state index in [2.05, 4.69) is 4.74 Å². The Morgan fingerprint density at radius 1 is 1.36 bits per heavy atom. The molecule has 0 unspecified atom stereocenters. The van der Waals surface area contributed by atoms with Crippen molar-refractivity contribution in [3.63, 3.8) is 0 Å². The van der Waals surface area contributed by atoms with Crippen LogP contribution < -0.4 is 0 Å². The Labute approximate surface area is 133 Å². The van der Waals surface area contributed by atoms with E-state index in [1.54, 1.807) is 12.1 Å². The molecule has 0 N–H and O–H groups in total. The second-order valence-electron chi connectivity index (χ2n) is 4.47. The summed E-state index contributed by atoms with van der Waals surface area (Å²) < 4.78 is 35.9. The van der Waals surface area contributed by atoms with Crippen LogP contribution in [0.3, 0.4) is 0 Å². The first-order valence-electron chi connectivity index (χ1n) is 6.23. The van der Waals surface area contributed by atoms with Gasteiger partial charge in [-0.2, -0.15) is 4.31 Å². The van der Waals surface area contributed by atoms with E-state index in [0.717, 1.165) is 4.31 Å². The Balaban J connectivity index is 2.35. The Hall–Kier alpha value is -1.83. The van der Waals surface area contributed by atoms with Crippen LogP contribution in [0.15, 0.2) is 45.9 Å². The largest absolute Gasteiger partial charge is 0.468 e. The summed E-state index contributed by atoms with van der Waals surface area (Å²) in [5.74, 6) is -0.191. The van der Waals surface area contributed by atoms with E-state index in [1.807, 2.05) is 0 Å². The third-order valence-electron chi connectivity index (χ3n) is 3.01. The molecule has 0 bridgehead atoms. The Bertz CT molecular complexity index is 771. The van der Waals surface area contributed by atoms with Gasteiger partial charge in [-0.05, 0) is 30.3 Å². The summed E-state index contributed by atoms with van der Waals surface area (Å²) in [6.45, 7) is 0.0749. The summed E-state index contributed by atoms with van der Waals surface area (Å²) >= 11 is 5.89. The molecule has 1 aromatic carbocycles. The lowest BCUT2D eigenvalue weighted by Gasteiger charge is -2.16. The van der Waals surface area contributed by atoms with Crippen LogP contribution in [0, 0.1) is 0 Å². The van der Waals surface area contributed by atoms with Crippen LogP contribution in [0.4, 0.5) is 0 Å². The van der Waals surface area contributed by atoms with E-state index < -0.39 is 16.0 Å². The van der Waals surface area contributed by atoms with Crippen molar-refractivity contribution in [2.45, 2.75) is 11.4 Å². The molecule has 0 saturated heterocycles. The van der Waals surface area contributed by atoms with E-state index in [-0.39, 0.29) is 22.0 Å². The number of carbonyl (C=O) groups is 1. The normalized spacial score (nSPS) is 11.6. The highest BCUT2D eigenvalue weighted by Gasteiger charge is 2.24. The number of ether oxygens (including phenoxy) is 1. The van der Waals surface area contributed by atoms with Gasteiger partial charge >= 0.3 is 5.97 Å². The molecule has 0 aliphatic carbocycles. The van der Waals surface area contributed by atoms with Crippen molar-refractivity contribution in [2.24, 2.45) is 0 Å². The van der Waals surface area contributed by atoms with Crippen molar-refractivity contribution in [3.8, 4) is 0 Å². The predicted octanol–water partition coefficient (Wildman–Crippen LogP) is 2.54. The fourth-order valence-corrected chi connectivity index (χ4v) is 3.18. The van der Waals surface area contributed by atoms with Gasteiger partial charge in [0, 0.05) is 7.05 Å². The fourth-order valence-electron chi connectivity index (χ4n) is 1.82. The molecule has 0 radical (unpaired) electrons. The lowest BCUT2D eigenvalue weighted by atomic mass is 10.2. The number of benzene rings is 1. The zero-order valence-electron chi connectivity index (χ0n) is 11.9. The number of hydrogen-bond donors (Lipinski definition) is 0. The quantitative estimate of drug-likeness (QED) is 0.780. The molecule has 0 fully saturated rings. The topological polar surface area (TPSA) is 76.8 Å². The zero-order chi connectivity index (χ0) is 16.3. The minimum Gasteiger partial charge on any atom is -0.468 e. The van der Waals surface area contributed by atoms with Gasteiger partial charge in [0.2, 0.25) is 10.0 Å². The maximum atomic E-state index is 12.5. The summed E-state index contributed by atoms with van der Waals surface area (Å²) in [5.41, 5.74) is -0.00311. The number of halogens is 1. The van der Waals surface area contributed by atoms with Gasteiger partial charge in [-0.15, -0.1) is 0 Å². The maximum absolute atomic E-state index is 12.5. The Kier molecular flexibility index (Phi) is 4.90. The van der Waals surface area contributed by atoms with Gasteiger partial charge < -0.3 is 9.15 Å². The number of carbonyl (C=O) groups excluding carboxylic acids is 1. The second-order valence-corrected chi connectivity index (χ2v) is 6.93. The first kappa shape index (κ1) is 16.5. The molecule has 6 nitrogen and oxygen atoms in total. The molecular weight excluding hydrogens is 330 g/mol. The first-order valence-corrected chi connectivity index (χ1v) is 8.04. The summed E-state index contributed by atoms with van der Waals surface area (Å²) in [7, 11) is -1.17. The average molecular weight is 344 g/mol. The van der Waals surface area contributed by atoms with Crippen molar-refractivity contribution in [1.82, 2.24) is 4.31 Å². The van der Waals surface area contributed by atoms with Crippen molar-refractivity contribution >= 4 is 27.6 Å². The second kappa shape index (κ2) is 6.51. The molecule has 0 spiro atoms. The van der Waals surface area contributed by atoms with Crippen molar-refractivity contribution in [2.75, 3.05) is 14.2 Å². The number of esters is 1. The van der Waals surface area contributed by atoms with Crippen LogP contribution >= 0.6 is 11.6 Å². The summed E-state index contributed by atoms with van der Waals surface area (Å²) in [5, 5.41) is 0.125. The molecular formula is C14H14ClNO5S. The van der Waals surface area contributed by atoms with E-state index in [0.29, 0.717) is 5.76 Å². The van der Waals surface area contributed by atoms with Crippen LogP contribution in [0.2, 0.25) is 5.02 Å². The molecule has 0 aliphatic heterocycles. The molecule has 22 heavy (non-hydrogen) atoms. The van der Waals surface area contributed by atoms with Crippen LogP contribution in [-0.2, 0) is 21.3 Å². The molecule has 118 valence electrons. The number of methoxy groups -OCH3 is 1. The molecule has 2 rings (SSSR count). The highest BCUT2D eigenvalue weighted by atomic mass is 35.5. The smallest absolute Gasteiger partial charge is 0.339 e. The summed E-state index contributed by atoms with van der Waals surface area (Å²) in [4.78, 5) is 11.6. The average Bonchev–Trinajstić information content (AvgIpc) is 2.99. The molecule has 1 aromatic heterocycles. The number of nitrogens with zero attached hydrogens (tertiary/aromatic N) is 1. The van der Waals surface area contributed by atoms with Crippen LogP contribution in [0.25, 0.3) is 0 Å². The van der Waals surface area contributed by atoms with Crippen molar-refractivity contribution in [1.29, 1.82) is 0 Å². The number of furan rings is 1. The third-order valence-corrected chi connectivity index (χ3v) is 5.14. The molecule has 0 atom stereocenters. The van der Waals surface area contributed by atoms with Gasteiger partial charge in [0.15, 0.2) is 0 Å². The van der Waals surface area contributed by atoms with Crippen LogP contribution in [0.1, 0.15) is 16.1 Å². The predicted molar refractivity (Wildman–Crippen MR) is 80.2 cm³/mol. The van der Waals surface area contributed by atoms with E-state index in [1.165, 1.54) is 38.6 Å². The van der Waals surface area contributed by atoms with Gasteiger partial charge in [0.1, 0.15) is 5.76 Å². The number of sulfonamides is 1. The first-order chi connectivity index (χ1) is 10.4. The third kappa shape index (κ3) is 3.32. The highest BCUT2D eigenvalue weighted by Crippen LogP contribution is 2.24. The number of hydrogen-bond acceptors (Lipinski definition) is 5. The van der Waals surface area contributed by atoms with E-state index in [4.69, 9.17) is 16.0 Å². The van der Waals surface area contributed by atoms with E-state index in [9.17, 15) is 13.2 Å². The van der Waals surface area contributed by atoms with Crippen LogP contribution in [-0.4, -0.2) is 32.8 Å². The molecule has 8 heteroatoms. The lowest BCUT2D eigenvalue weighted by molar-refractivity contribution is 0.0600. The Morgan fingerprint density at radius 3 is 2.68 bits per heavy atom. The van der Waals surface area contributed by atoms with Crippen molar-refractivity contribution < 1.29 is 22.4 Å². The fraction of sp³-hybridized carbons (Fsp3) is 0.214. The molecule has 2 aromatic rings. The van der Waals surface area contributed by atoms with Gasteiger partial charge in [-0.25, -0.2) is 13.2 Å². The highest BCUT2D eigenvalue weighted by molar-refractivity contribution is 7.89.